The second-order valence-electron chi connectivity index (χ2n) is 5.76. The van der Waals surface area contributed by atoms with E-state index in [9.17, 15) is 21.6 Å². The van der Waals surface area contributed by atoms with Gasteiger partial charge in [0, 0.05) is 18.8 Å². The van der Waals surface area contributed by atoms with Crippen LogP contribution in [0.4, 0.5) is 10.5 Å². The van der Waals surface area contributed by atoms with Gasteiger partial charge < -0.3 is 5.32 Å². The lowest BCUT2D eigenvalue weighted by Gasteiger charge is -2.42. The molecule has 0 bridgehead atoms. The van der Waals surface area contributed by atoms with Crippen molar-refractivity contribution < 1.29 is 21.6 Å². The Bertz CT molecular complexity index is 856. The molecule has 132 valence electrons. The molecule has 0 spiro atoms. The van der Waals surface area contributed by atoms with E-state index in [2.05, 4.69) is 5.32 Å². The summed E-state index contributed by atoms with van der Waals surface area (Å²) in [6.45, 7) is -0.0403. The highest BCUT2D eigenvalue weighted by Gasteiger charge is 2.53. The molecular weight excluding hydrogens is 356 g/mol. The lowest BCUT2D eigenvalue weighted by atomic mass is 10.2. The third-order valence-corrected chi connectivity index (χ3v) is 6.58. The molecule has 11 heteroatoms. The first-order chi connectivity index (χ1) is 11.1. The number of benzene rings is 1. The molecule has 2 atom stereocenters. The van der Waals surface area contributed by atoms with Crippen LogP contribution in [-0.4, -0.2) is 69.4 Å². The van der Waals surface area contributed by atoms with E-state index in [1.165, 1.54) is 4.90 Å². The Labute approximate surface area is 140 Å². The highest BCUT2D eigenvalue weighted by Crippen LogP contribution is 2.31. The fourth-order valence-electron chi connectivity index (χ4n) is 3.10. The van der Waals surface area contributed by atoms with Gasteiger partial charge >= 0.3 is 6.03 Å². The van der Waals surface area contributed by atoms with Crippen molar-refractivity contribution in [2.45, 2.75) is 12.3 Å². The topological polar surface area (TPSA) is 107 Å². The summed E-state index contributed by atoms with van der Waals surface area (Å²) in [5.74, 6) is 0. The number of rotatable bonds is 3. The maximum atomic E-state index is 12.5. The quantitative estimate of drug-likeness (QED) is 0.761. The molecule has 2 heterocycles. The molecule has 24 heavy (non-hydrogen) atoms. The number of carbonyl (C=O) groups excluding carboxylic acids is 1. The van der Waals surface area contributed by atoms with Crippen molar-refractivity contribution in [1.29, 1.82) is 0 Å². The molecule has 2 aliphatic rings. The van der Waals surface area contributed by atoms with Crippen molar-refractivity contribution in [3.05, 3.63) is 30.3 Å². The number of sulfonamides is 2. The number of urea groups is 1. The summed E-state index contributed by atoms with van der Waals surface area (Å²) in [4.78, 5) is 13.7. The first-order valence-corrected chi connectivity index (χ1v) is 10.9. The number of nitrogens with zero attached hydrogens (tertiary/aromatic N) is 3. The highest BCUT2D eigenvalue weighted by molar-refractivity contribution is 7.88. The van der Waals surface area contributed by atoms with Crippen LogP contribution in [0.25, 0.3) is 0 Å². The fourth-order valence-corrected chi connectivity index (χ4v) is 5.10. The van der Waals surface area contributed by atoms with Gasteiger partial charge in [-0.05, 0) is 12.1 Å². The number of para-hydroxylation sites is 1. The number of hydrogen-bond acceptors (Lipinski definition) is 5. The Hall–Kier alpha value is -1.69. The Morgan fingerprint density at radius 3 is 2.04 bits per heavy atom. The summed E-state index contributed by atoms with van der Waals surface area (Å²) in [6.07, 6.45) is 0.137. The van der Waals surface area contributed by atoms with Crippen LogP contribution in [0.3, 0.4) is 0 Å². The van der Waals surface area contributed by atoms with Crippen molar-refractivity contribution in [3.8, 4) is 0 Å². The third-order valence-electron chi connectivity index (χ3n) is 4.07. The maximum absolute atomic E-state index is 12.5. The lowest BCUT2D eigenvalue weighted by Crippen LogP contribution is -2.65. The lowest BCUT2D eigenvalue weighted by molar-refractivity contribution is 0.144. The predicted molar refractivity (Wildman–Crippen MR) is 88.1 cm³/mol. The van der Waals surface area contributed by atoms with Gasteiger partial charge in [-0.3, -0.25) is 4.90 Å². The SMILES string of the molecule is CS(=O)(=O)N1CCN(S(C)(=O)=O)[C@H]2NC(=O)N(c3ccccc3)[C@@H]21. The van der Waals surface area contributed by atoms with Crippen LogP contribution in [0.1, 0.15) is 0 Å². The molecule has 2 aliphatic heterocycles. The maximum Gasteiger partial charge on any atom is 0.324 e. The zero-order valence-corrected chi connectivity index (χ0v) is 14.8. The minimum Gasteiger partial charge on any atom is -0.318 e. The molecular formula is C13H18N4O5S2. The van der Waals surface area contributed by atoms with E-state index >= 15 is 0 Å². The van der Waals surface area contributed by atoms with Gasteiger partial charge in [0.2, 0.25) is 20.0 Å². The Morgan fingerprint density at radius 1 is 0.958 bits per heavy atom. The highest BCUT2D eigenvalue weighted by atomic mass is 32.2. The van der Waals surface area contributed by atoms with Gasteiger partial charge in [0.15, 0.2) is 0 Å². The van der Waals surface area contributed by atoms with Gasteiger partial charge in [-0.1, -0.05) is 18.2 Å². The minimum atomic E-state index is -3.64. The van der Waals surface area contributed by atoms with E-state index in [0.717, 1.165) is 21.1 Å². The number of fused-ring (bicyclic) bond motifs is 1. The third kappa shape index (κ3) is 2.88. The van der Waals surface area contributed by atoms with Crippen molar-refractivity contribution in [2.75, 3.05) is 30.5 Å². The van der Waals surface area contributed by atoms with Gasteiger partial charge in [0.1, 0.15) is 12.3 Å². The number of carbonyl (C=O) groups is 1. The normalized spacial score (nSPS) is 26.2. The van der Waals surface area contributed by atoms with E-state index < -0.39 is 38.4 Å². The number of hydrogen-bond donors (Lipinski definition) is 1. The average molecular weight is 374 g/mol. The van der Waals surface area contributed by atoms with Gasteiger partial charge in [0.25, 0.3) is 0 Å². The summed E-state index contributed by atoms with van der Waals surface area (Å²) in [5, 5.41) is 2.59. The van der Waals surface area contributed by atoms with Crippen molar-refractivity contribution >= 4 is 31.8 Å². The molecule has 0 unspecified atom stereocenters. The first kappa shape index (κ1) is 17.1. The van der Waals surface area contributed by atoms with E-state index in [-0.39, 0.29) is 13.1 Å². The largest absolute Gasteiger partial charge is 0.324 e. The second-order valence-corrected chi connectivity index (χ2v) is 9.63. The number of nitrogens with one attached hydrogen (secondary N) is 1. The van der Waals surface area contributed by atoms with E-state index in [0.29, 0.717) is 5.69 Å². The van der Waals surface area contributed by atoms with Crippen molar-refractivity contribution in [2.24, 2.45) is 0 Å². The molecule has 1 aromatic carbocycles. The molecule has 2 amide bonds. The van der Waals surface area contributed by atoms with Gasteiger partial charge in [-0.25, -0.2) is 21.6 Å². The summed E-state index contributed by atoms with van der Waals surface area (Å²) in [6, 6.07) is 8.01. The Balaban J connectivity index is 2.11. The second kappa shape index (κ2) is 5.69. The Kier molecular flexibility index (Phi) is 4.06. The number of piperazine rings is 1. The molecule has 9 nitrogen and oxygen atoms in total. The van der Waals surface area contributed by atoms with Crippen molar-refractivity contribution in [3.63, 3.8) is 0 Å². The molecule has 1 aromatic rings. The molecule has 0 aliphatic carbocycles. The van der Waals surface area contributed by atoms with Gasteiger partial charge in [0.05, 0.1) is 12.5 Å². The van der Waals surface area contributed by atoms with Crippen LogP contribution in [-0.2, 0) is 20.0 Å². The van der Waals surface area contributed by atoms with E-state index in [4.69, 9.17) is 0 Å². The fraction of sp³-hybridized carbons (Fsp3) is 0.462. The van der Waals surface area contributed by atoms with Crippen LogP contribution in [0, 0.1) is 0 Å². The summed E-state index contributed by atoms with van der Waals surface area (Å²) >= 11 is 0. The van der Waals surface area contributed by atoms with Crippen LogP contribution in [0.2, 0.25) is 0 Å². The smallest absolute Gasteiger partial charge is 0.318 e. The minimum absolute atomic E-state index is 0.0179. The summed E-state index contributed by atoms with van der Waals surface area (Å²) in [5.41, 5.74) is 0.492. The summed E-state index contributed by atoms with van der Waals surface area (Å²) < 4.78 is 50.7. The molecule has 3 rings (SSSR count). The molecule has 1 N–H and O–H groups in total. The standard InChI is InChI=1S/C13H18N4O5S2/c1-23(19,20)15-8-9-16(24(2,21)22)12-11(15)14-13(18)17(12)10-6-4-3-5-7-10/h3-7,11-12H,8-9H2,1-2H3,(H,14,18)/t11-,12+/m1/s1. The van der Waals surface area contributed by atoms with Crippen molar-refractivity contribution in [1.82, 2.24) is 13.9 Å². The molecule has 0 aromatic heterocycles. The first-order valence-electron chi connectivity index (χ1n) is 7.19. The predicted octanol–water partition coefficient (Wildman–Crippen LogP) is -0.595. The zero-order valence-electron chi connectivity index (χ0n) is 13.2. The number of anilines is 1. The number of amides is 2. The van der Waals surface area contributed by atoms with Crippen LogP contribution in [0.15, 0.2) is 30.3 Å². The monoisotopic (exact) mass is 374 g/mol. The zero-order chi connectivity index (χ0) is 17.7. The van der Waals surface area contributed by atoms with Gasteiger partial charge in [-0.2, -0.15) is 8.61 Å². The van der Waals surface area contributed by atoms with Crippen LogP contribution < -0.4 is 10.2 Å². The van der Waals surface area contributed by atoms with E-state index in [1.807, 2.05) is 0 Å². The van der Waals surface area contributed by atoms with Crippen LogP contribution >= 0.6 is 0 Å². The summed E-state index contributed by atoms with van der Waals surface area (Å²) in [7, 11) is -7.24. The average Bonchev–Trinajstić information content (AvgIpc) is 2.81. The van der Waals surface area contributed by atoms with Crippen LogP contribution in [0.5, 0.6) is 0 Å². The Morgan fingerprint density at radius 2 is 1.50 bits per heavy atom. The molecule has 2 fully saturated rings. The molecule has 0 radical (unpaired) electrons. The van der Waals surface area contributed by atoms with E-state index in [1.54, 1.807) is 30.3 Å². The molecule has 0 saturated carbocycles. The molecule has 2 saturated heterocycles. The van der Waals surface area contributed by atoms with Gasteiger partial charge in [-0.15, -0.1) is 0 Å².